The summed E-state index contributed by atoms with van der Waals surface area (Å²) >= 11 is 1.54. The number of rotatable bonds is 3. The van der Waals surface area contributed by atoms with E-state index in [0.29, 0.717) is 11.5 Å². The molecule has 0 spiro atoms. The number of aromatic carboxylic acids is 1. The third-order valence-corrected chi connectivity index (χ3v) is 3.88. The summed E-state index contributed by atoms with van der Waals surface area (Å²) in [6, 6.07) is 7.14. The maximum Gasteiger partial charge on any atom is 0.336 e. The summed E-state index contributed by atoms with van der Waals surface area (Å²) in [5.41, 5.74) is 2.58. The molecule has 100 valence electrons. The van der Waals surface area contributed by atoms with E-state index in [2.05, 4.69) is 15.3 Å². The molecule has 0 saturated heterocycles. The van der Waals surface area contributed by atoms with Crippen molar-refractivity contribution in [3.8, 4) is 0 Å². The number of nitrogens with one attached hydrogen (secondary N) is 1. The van der Waals surface area contributed by atoms with Crippen LogP contribution < -0.4 is 5.32 Å². The second-order valence-corrected chi connectivity index (χ2v) is 5.23. The molecule has 6 heteroatoms. The van der Waals surface area contributed by atoms with Gasteiger partial charge in [0.1, 0.15) is 6.33 Å². The number of fused-ring (bicyclic) bond motifs is 1. The summed E-state index contributed by atoms with van der Waals surface area (Å²) in [5, 5.41) is 14.2. The number of thiophene rings is 1. The third-order valence-electron chi connectivity index (χ3n) is 2.97. The van der Waals surface area contributed by atoms with Crippen molar-refractivity contribution in [3.05, 3.63) is 47.1 Å². The van der Waals surface area contributed by atoms with Crippen LogP contribution in [0.5, 0.6) is 0 Å². The lowest BCUT2D eigenvalue weighted by atomic mass is 10.1. The van der Waals surface area contributed by atoms with Crippen LogP contribution in [0, 0.1) is 6.92 Å². The number of carboxylic acids is 1. The molecule has 3 rings (SSSR count). The van der Waals surface area contributed by atoms with E-state index in [4.69, 9.17) is 5.11 Å². The Kier molecular flexibility index (Phi) is 3.08. The predicted octanol–water partition coefficient (Wildman–Crippen LogP) is 3.44. The lowest BCUT2D eigenvalue weighted by Crippen LogP contribution is -2.01. The second kappa shape index (κ2) is 4.90. The average Bonchev–Trinajstić information content (AvgIpc) is 2.90. The van der Waals surface area contributed by atoms with E-state index in [1.165, 1.54) is 6.33 Å². The number of carbonyl (C=O) groups is 1. The van der Waals surface area contributed by atoms with E-state index in [-0.39, 0.29) is 5.56 Å². The Bertz CT molecular complexity index is 798. The van der Waals surface area contributed by atoms with E-state index >= 15 is 0 Å². The molecule has 0 amide bonds. The molecule has 0 unspecified atom stereocenters. The van der Waals surface area contributed by atoms with Gasteiger partial charge in [-0.2, -0.15) is 0 Å². The van der Waals surface area contributed by atoms with Gasteiger partial charge in [-0.25, -0.2) is 14.8 Å². The number of anilines is 2. The molecule has 5 nitrogen and oxygen atoms in total. The summed E-state index contributed by atoms with van der Waals surface area (Å²) in [7, 11) is 0. The summed E-state index contributed by atoms with van der Waals surface area (Å²) in [6.07, 6.45) is 1.49. The van der Waals surface area contributed by atoms with Gasteiger partial charge in [0.05, 0.1) is 15.8 Å². The Morgan fingerprint density at radius 1 is 1.30 bits per heavy atom. The number of hydrogen-bond acceptors (Lipinski definition) is 5. The van der Waals surface area contributed by atoms with Crippen LogP contribution in [0.4, 0.5) is 11.5 Å². The molecular formula is C14H11N3O2S. The first-order chi connectivity index (χ1) is 9.65. The molecule has 0 aliphatic rings. The van der Waals surface area contributed by atoms with Crippen molar-refractivity contribution in [2.45, 2.75) is 6.92 Å². The molecule has 20 heavy (non-hydrogen) atoms. The lowest BCUT2D eigenvalue weighted by Gasteiger charge is -2.08. The van der Waals surface area contributed by atoms with Gasteiger partial charge in [-0.1, -0.05) is 6.07 Å². The van der Waals surface area contributed by atoms with Crippen molar-refractivity contribution >= 4 is 39.0 Å². The number of aryl methyl sites for hydroxylation is 1. The fourth-order valence-electron chi connectivity index (χ4n) is 1.94. The van der Waals surface area contributed by atoms with Crippen LogP contribution in [0.1, 0.15) is 15.9 Å². The Labute approximate surface area is 118 Å². The van der Waals surface area contributed by atoms with Crippen LogP contribution in [-0.4, -0.2) is 21.0 Å². The van der Waals surface area contributed by atoms with Crippen LogP contribution >= 0.6 is 11.3 Å². The molecule has 0 aliphatic heterocycles. The van der Waals surface area contributed by atoms with Crippen LogP contribution in [-0.2, 0) is 0 Å². The minimum atomic E-state index is -0.935. The quantitative estimate of drug-likeness (QED) is 0.771. The third kappa shape index (κ3) is 2.21. The Morgan fingerprint density at radius 3 is 2.95 bits per heavy atom. The van der Waals surface area contributed by atoms with Crippen molar-refractivity contribution < 1.29 is 9.90 Å². The molecule has 3 aromatic rings. The molecule has 2 heterocycles. The van der Waals surface area contributed by atoms with Crippen molar-refractivity contribution in [2.24, 2.45) is 0 Å². The zero-order chi connectivity index (χ0) is 14.1. The number of aromatic nitrogens is 2. The number of carboxylic acid groups (broad SMARTS) is 1. The number of hydrogen-bond donors (Lipinski definition) is 2. The first-order valence-corrected chi connectivity index (χ1v) is 6.82. The summed E-state index contributed by atoms with van der Waals surface area (Å²) in [6.45, 7) is 1.77. The Morgan fingerprint density at radius 2 is 2.15 bits per heavy atom. The summed E-state index contributed by atoms with van der Waals surface area (Å²) in [4.78, 5) is 19.5. The van der Waals surface area contributed by atoms with Gasteiger partial charge in [-0.15, -0.1) is 11.3 Å². The largest absolute Gasteiger partial charge is 0.478 e. The van der Waals surface area contributed by atoms with Gasteiger partial charge in [0, 0.05) is 5.69 Å². The van der Waals surface area contributed by atoms with Gasteiger partial charge in [0.2, 0.25) is 0 Å². The van der Waals surface area contributed by atoms with Crippen molar-refractivity contribution in [3.63, 3.8) is 0 Å². The van der Waals surface area contributed by atoms with E-state index < -0.39 is 5.97 Å². The van der Waals surface area contributed by atoms with Crippen molar-refractivity contribution in [2.75, 3.05) is 5.32 Å². The van der Waals surface area contributed by atoms with Crippen LogP contribution in [0.25, 0.3) is 10.2 Å². The SMILES string of the molecule is Cc1ccc(Nc2ncnc3ccsc23)cc1C(=O)O. The first-order valence-electron chi connectivity index (χ1n) is 5.94. The van der Waals surface area contributed by atoms with Gasteiger partial charge in [0.25, 0.3) is 0 Å². The summed E-state index contributed by atoms with van der Waals surface area (Å²) < 4.78 is 0.949. The first kappa shape index (κ1) is 12.6. The van der Waals surface area contributed by atoms with E-state index in [1.54, 1.807) is 30.4 Å². The standard InChI is InChI=1S/C14H11N3O2S/c1-8-2-3-9(6-10(8)14(18)19)17-13-12-11(4-5-20-12)15-7-16-13/h2-7H,1H3,(H,18,19)(H,15,16,17). The highest BCUT2D eigenvalue weighted by Gasteiger charge is 2.10. The normalized spacial score (nSPS) is 10.7. The zero-order valence-corrected chi connectivity index (χ0v) is 11.4. The zero-order valence-electron chi connectivity index (χ0n) is 10.6. The molecule has 0 saturated carbocycles. The molecule has 0 bridgehead atoms. The molecule has 0 atom stereocenters. The van der Waals surface area contributed by atoms with E-state index in [0.717, 1.165) is 15.8 Å². The molecular weight excluding hydrogens is 274 g/mol. The molecule has 0 radical (unpaired) electrons. The summed E-state index contributed by atoms with van der Waals surface area (Å²) in [5.74, 6) is -0.250. The highest BCUT2D eigenvalue weighted by atomic mass is 32.1. The molecule has 0 fully saturated rings. The molecule has 2 N–H and O–H groups in total. The molecule has 0 aliphatic carbocycles. The van der Waals surface area contributed by atoms with Gasteiger partial charge < -0.3 is 10.4 Å². The fourth-order valence-corrected chi connectivity index (χ4v) is 2.73. The Hall–Kier alpha value is -2.47. The van der Waals surface area contributed by atoms with Gasteiger partial charge in [0.15, 0.2) is 5.82 Å². The monoisotopic (exact) mass is 285 g/mol. The van der Waals surface area contributed by atoms with Crippen LogP contribution in [0.2, 0.25) is 0 Å². The van der Waals surface area contributed by atoms with E-state index in [9.17, 15) is 4.79 Å². The predicted molar refractivity (Wildman–Crippen MR) is 78.8 cm³/mol. The van der Waals surface area contributed by atoms with Crippen LogP contribution in [0.15, 0.2) is 36.0 Å². The maximum absolute atomic E-state index is 11.1. The van der Waals surface area contributed by atoms with Crippen molar-refractivity contribution in [1.82, 2.24) is 9.97 Å². The Balaban J connectivity index is 2.01. The number of benzene rings is 1. The number of nitrogens with zero attached hydrogens (tertiary/aromatic N) is 2. The smallest absolute Gasteiger partial charge is 0.336 e. The maximum atomic E-state index is 11.1. The van der Waals surface area contributed by atoms with Crippen molar-refractivity contribution in [1.29, 1.82) is 0 Å². The highest BCUT2D eigenvalue weighted by Crippen LogP contribution is 2.28. The highest BCUT2D eigenvalue weighted by molar-refractivity contribution is 7.17. The fraction of sp³-hybridized carbons (Fsp3) is 0.0714. The minimum Gasteiger partial charge on any atom is -0.478 e. The molecule has 1 aromatic carbocycles. The minimum absolute atomic E-state index is 0.284. The van der Waals surface area contributed by atoms with E-state index in [1.807, 2.05) is 17.5 Å². The van der Waals surface area contributed by atoms with Gasteiger partial charge in [-0.3, -0.25) is 0 Å². The lowest BCUT2D eigenvalue weighted by molar-refractivity contribution is 0.0696. The average molecular weight is 285 g/mol. The van der Waals surface area contributed by atoms with Gasteiger partial charge in [-0.05, 0) is 36.1 Å². The van der Waals surface area contributed by atoms with Crippen LogP contribution in [0.3, 0.4) is 0 Å². The van der Waals surface area contributed by atoms with Gasteiger partial charge >= 0.3 is 5.97 Å². The molecule has 2 aromatic heterocycles. The second-order valence-electron chi connectivity index (χ2n) is 4.32. The topological polar surface area (TPSA) is 75.1 Å².